The lowest BCUT2D eigenvalue weighted by Gasteiger charge is -2.06. The average molecular weight is 429 g/mol. The molecule has 1 N–H and O–H groups in total. The SMILES string of the molecule is Cc1ccc(-c2nc(CC(=O)Nc3ccc(-c4nc5ccccc5n4C)cc3)cs2)o1. The van der Waals surface area contributed by atoms with Crippen molar-refractivity contribution < 1.29 is 9.21 Å². The minimum absolute atomic E-state index is 0.108. The number of benzene rings is 2. The van der Waals surface area contributed by atoms with Crippen molar-refractivity contribution in [3.63, 3.8) is 0 Å². The van der Waals surface area contributed by atoms with Crippen LogP contribution in [0.4, 0.5) is 5.69 Å². The van der Waals surface area contributed by atoms with E-state index in [1.165, 1.54) is 11.3 Å². The van der Waals surface area contributed by atoms with Crippen LogP contribution in [0, 0.1) is 6.92 Å². The molecule has 0 unspecified atom stereocenters. The number of hydrogen-bond acceptors (Lipinski definition) is 5. The Bertz CT molecular complexity index is 1380. The maximum absolute atomic E-state index is 12.5. The zero-order chi connectivity index (χ0) is 21.4. The number of anilines is 1. The Morgan fingerprint density at radius 3 is 2.61 bits per heavy atom. The number of nitrogens with zero attached hydrogens (tertiary/aromatic N) is 3. The average Bonchev–Trinajstić information content (AvgIpc) is 3.48. The number of carbonyl (C=O) groups is 1. The Hall–Kier alpha value is -3.71. The van der Waals surface area contributed by atoms with Crippen LogP contribution in [0.2, 0.25) is 0 Å². The summed E-state index contributed by atoms with van der Waals surface area (Å²) in [6.07, 6.45) is 0.211. The minimum Gasteiger partial charge on any atom is -0.459 e. The van der Waals surface area contributed by atoms with E-state index in [4.69, 9.17) is 9.40 Å². The van der Waals surface area contributed by atoms with Gasteiger partial charge in [0, 0.05) is 23.7 Å². The predicted molar refractivity (Wildman–Crippen MR) is 123 cm³/mol. The van der Waals surface area contributed by atoms with E-state index in [2.05, 4.69) is 20.9 Å². The first-order chi connectivity index (χ1) is 15.1. The van der Waals surface area contributed by atoms with E-state index in [1.54, 1.807) is 0 Å². The molecule has 31 heavy (non-hydrogen) atoms. The fourth-order valence-electron chi connectivity index (χ4n) is 3.53. The fourth-order valence-corrected chi connectivity index (χ4v) is 4.31. The zero-order valence-electron chi connectivity index (χ0n) is 17.1. The van der Waals surface area contributed by atoms with Gasteiger partial charge in [0.15, 0.2) is 10.8 Å². The van der Waals surface area contributed by atoms with Crippen molar-refractivity contribution in [3.8, 4) is 22.2 Å². The Morgan fingerprint density at radius 2 is 1.87 bits per heavy atom. The number of para-hydroxylation sites is 2. The molecule has 0 saturated carbocycles. The first-order valence-corrected chi connectivity index (χ1v) is 10.8. The summed E-state index contributed by atoms with van der Waals surface area (Å²) in [5, 5.41) is 5.61. The highest BCUT2D eigenvalue weighted by atomic mass is 32.1. The first kappa shape index (κ1) is 19.3. The van der Waals surface area contributed by atoms with Crippen molar-refractivity contribution in [3.05, 3.63) is 77.5 Å². The summed E-state index contributed by atoms with van der Waals surface area (Å²) in [6, 6.07) is 19.6. The van der Waals surface area contributed by atoms with Crippen LogP contribution in [0.15, 0.2) is 70.5 Å². The Morgan fingerprint density at radius 1 is 1.06 bits per heavy atom. The van der Waals surface area contributed by atoms with Gasteiger partial charge in [0.25, 0.3) is 0 Å². The number of furan rings is 1. The van der Waals surface area contributed by atoms with Gasteiger partial charge in [-0.25, -0.2) is 9.97 Å². The van der Waals surface area contributed by atoms with Crippen molar-refractivity contribution in [2.45, 2.75) is 13.3 Å². The van der Waals surface area contributed by atoms with Crippen LogP contribution in [0.25, 0.3) is 33.2 Å². The summed E-state index contributed by atoms with van der Waals surface area (Å²) >= 11 is 1.47. The first-order valence-electron chi connectivity index (χ1n) is 9.90. The number of hydrogen-bond donors (Lipinski definition) is 1. The van der Waals surface area contributed by atoms with Crippen molar-refractivity contribution in [2.24, 2.45) is 7.05 Å². The standard InChI is InChI=1S/C24H20N4O2S/c1-15-7-12-21(30-15)24-26-18(14-31-24)13-22(29)25-17-10-8-16(9-11-17)23-27-19-5-3-4-6-20(19)28(23)2/h3-12,14H,13H2,1-2H3,(H,25,29). The van der Waals surface area contributed by atoms with Gasteiger partial charge >= 0.3 is 0 Å². The Kier molecular flexibility index (Phi) is 4.88. The van der Waals surface area contributed by atoms with Gasteiger partial charge in [0.2, 0.25) is 5.91 Å². The maximum atomic E-state index is 12.5. The molecule has 154 valence electrons. The number of amides is 1. The highest BCUT2D eigenvalue weighted by molar-refractivity contribution is 7.13. The number of thiazole rings is 1. The van der Waals surface area contributed by atoms with E-state index in [0.29, 0.717) is 0 Å². The summed E-state index contributed by atoms with van der Waals surface area (Å²) in [4.78, 5) is 21.7. The molecule has 0 radical (unpaired) electrons. The predicted octanol–water partition coefficient (Wildman–Crippen LogP) is 5.45. The van der Waals surface area contributed by atoms with Crippen molar-refractivity contribution >= 4 is 34.0 Å². The fraction of sp³-hybridized carbons (Fsp3) is 0.125. The molecule has 5 rings (SSSR count). The molecule has 3 aromatic heterocycles. The van der Waals surface area contributed by atoms with Crippen LogP contribution in [0.3, 0.4) is 0 Å². The molecule has 0 aliphatic carbocycles. The monoisotopic (exact) mass is 428 g/mol. The number of nitrogens with one attached hydrogen (secondary N) is 1. The molecule has 0 aliphatic rings. The molecule has 5 aromatic rings. The number of fused-ring (bicyclic) bond motifs is 1. The molecule has 6 nitrogen and oxygen atoms in total. The van der Waals surface area contributed by atoms with E-state index in [-0.39, 0.29) is 12.3 Å². The van der Waals surface area contributed by atoms with Crippen molar-refractivity contribution in [1.82, 2.24) is 14.5 Å². The van der Waals surface area contributed by atoms with E-state index >= 15 is 0 Å². The normalized spacial score (nSPS) is 11.2. The van der Waals surface area contributed by atoms with Crippen molar-refractivity contribution in [2.75, 3.05) is 5.32 Å². The Labute approximate surface area is 183 Å². The maximum Gasteiger partial charge on any atom is 0.230 e. The smallest absolute Gasteiger partial charge is 0.230 e. The van der Waals surface area contributed by atoms with E-state index < -0.39 is 0 Å². The highest BCUT2D eigenvalue weighted by Crippen LogP contribution is 2.27. The second-order valence-corrected chi connectivity index (χ2v) is 8.20. The lowest BCUT2D eigenvalue weighted by Crippen LogP contribution is -2.14. The van der Waals surface area contributed by atoms with Gasteiger partial charge in [0.1, 0.15) is 11.6 Å². The number of aryl methyl sites for hydroxylation is 2. The lowest BCUT2D eigenvalue weighted by atomic mass is 10.2. The number of imidazole rings is 1. The molecule has 0 atom stereocenters. The van der Waals surface area contributed by atoms with Crippen molar-refractivity contribution in [1.29, 1.82) is 0 Å². The number of rotatable bonds is 5. The third kappa shape index (κ3) is 3.87. The third-order valence-corrected chi connectivity index (χ3v) is 5.96. The van der Waals surface area contributed by atoms with Gasteiger partial charge in [0.05, 0.1) is 23.1 Å². The summed E-state index contributed by atoms with van der Waals surface area (Å²) in [6.45, 7) is 1.90. The van der Waals surface area contributed by atoms with Crippen LogP contribution in [-0.2, 0) is 18.3 Å². The molecule has 3 heterocycles. The van der Waals surface area contributed by atoms with Crippen LogP contribution in [-0.4, -0.2) is 20.4 Å². The summed E-state index contributed by atoms with van der Waals surface area (Å²) in [5.41, 5.74) is 4.51. The topological polar surface area (TPSA) is 73.0 Å². The second-order valence-electron chi connectivity index (χ2n) is 7.34. The van der Waals surface area contributed by atoms with Gasteiger partial charge in [-0.1, -0.05) is 12.1 Å². The molecule has 7 heteroatoms. The van der Waals surface area contributed by atoms with Crippen LogP contribution >= 0.6 is 11.3 Å². The molecule has 0 spiro atoms. The zero-order valence-corrected chi connectivity index (χ0v) is 17.9. The molecule has 0 aliphatic heterocycles. The largest absolute Gasteiger partial charge is 0.459 e. The minimum atomic E-state index is -0.108. The van der Waals surface area contributed by atoms with Crippen LogP contribution in [0.5, 0.6) is 0 Å². The number of carbonyl (C=O) groups excluding carboxylic acids is 1. The quantitative estimate of drug-likeness (QED) is 0.404. The molecule has 0 bridgehead atoms. The number of aromatic nitrogens is 3. The molecular formula is C24H20N4O2S. The molecular weight excluding hydrogens is 408 g/mol. The van der Waals surface area contributed by atoms with E-state index in [0.717, 1.165) is 50.3 Å². The molecule has 1 amide bonds. The van der Waals surface area contributed by atoms with E-state index in [9.17, 15) is 4.79 Å². The van der Waals surface area contributed by atoms with Gasteiger partial charge in [-0.15, -0.1) is 11.3 Å². The summed E-state index contributed by atoms with van der Waals surface area (Å²) in [5.74, 6) is 2.35. The van der Waals surface area contributed by atoms with E-state index in [1.807, 2.05) is 73.9 Å². The summed E-state index contributed by atoms with van der Waals surface area (Å²) in [7, 11) is 2.01. The molecule has 0 saturated heterocycles. The summed E-state index contributed by atoms with van der Waals surface area (Å²) < 4.78 is 7.67. The lowest BCUT2D eigenvalue weighted by molar-refractivity contribution is -0.115. The van der Waals surface area contributed by atoms with Crippen LogP contribution in [0.1, 0.15) is 11.5 Å². The van der Waals surface area contributed by atoms with Crippen LogP contribution < -0.4 is 5.32 Å². The second kappa shape index (κ2) is 7.85. The van der Waals surface area contributed by atoms with Gasteiger partial charge in [-0.2, -0.15) is 0 Å². The Balaban J connectivity index is 1.27. The van der Waals surface area contributed by atoms with Gasteiger partial charge < -0.3 is 14.3 Å². The van der Waals surface area contributed by atoms with Gasteiger partial charge in [-0.05, 0) is 55.5 Å². The molecule has 0 fully saturated rings. The van der Waals surface area contributed by atoms with Gasteiger partial charge in [-0.3, -0.25) is 4.79 Å². The highest BCUT2D eigenvalue weighted by Gasteiger charge is 2.13. The third-order valence-electron chi connectivity index (χ3n) is 5.06. The molecule has 2 aromatic carbocycles.